The van der Waals surface area contributed by atoms with E-state index in [1.807, 2.05) is 0 Å². The molecule has 27 heavy (non-hydrogen) atoms. The van der Waals surface area contributed by atoms with E-state index in [1.165, 1.54) is 23.1 Å². The lowest BCUT2D eigenvalue weighted by molar-refractivity contribution is -0.385. The second-order valence-electron chi connectivity index (χ2n) is 6.15. The van der Waals surface area contributed by atoms with Crippen molar-refractivity contribution in [1.29, 1.82) is 0 Å². The van der Waals surface area contributed by atoms with Gasteiger partial charge in [0.05, 0.1) is 12.0 Å². The molecule has 0 aliphatic carbocycles. The molecule has 3 rings (SSSR count). The average molecular weight is 369 g/mol. The van der Waals surface area contributed by atoms with Crippen LogP contribution in [0.5, 0.6) is 5.75 Å². The Kier molecular flexibility index (Phi) is 5.35. The first kappa shape index (κ1) is 18.4. The number of nitro groups is 1. The summed E-state index contributed by atoms with van der Waals surface area (Å²) in [5.74, 6) is -0.152. The van der Waals surface area contributed by atoms with Gasteiger partial charge in [-0.05, 0) is 43.2 Å². The molecule has 1 atom stereocenters. The van der Waals surface area contributed by atoms with Gasteiger partial charge in [0.1, 0.15) is 17.4 Å². The highest BCUT2D eigenvalue weighted by molar-refractivity contribution is 6.03. The Hall–Kier alpha value is -3.42. The first-order chi connectivity index (χ1) is 13.0. The molecule has 0 radical (unpaired) electrons. The Bertz CT molecular complexity index is 866. The molecule has 0 aromatic heterocycles. The van der Waals surface area contributed by atoms with Gasteiger partial charge in [-0.2, -0.15) is 0 Å². The van der Waals surface area contributed by atoms with E-state index in [1.54, 1.807) is 37.4 Å². The van der Waals surface area contributed by atoms with Gasteiger partial charge in [-0.3, -0.25) is 19.7 Å². The smallest absolute Gasteiger partial charge is 0.282 e. The van der Waals surface area contributed by atoms with E-state index in [2.05, 4.69) is 5.32 Å². The van der Waals surface area contributed by atoms with Crippen LogP contribution >= 0.6 is 0 Å². The van der Waals surface area contributed by atoms with E-state index in [9.17, 15) is 19.7 Å². The molecule has 0 bridgehead atoms. The van der Waals surface area contributed by atoms with Crippen molar-refractivity contribution in [2.45, 2.75) is 18.9 Å². The van der Waals surface area contributed by atoms with Crippen molar-refractivity contribution < 1.29 is 19.2 Å². The highest BCUT2D eigenvalue weighted by atomic mass is 16.6. The molecule has 2 aromatic rings. The van der Waals surface area contributed by atoms with Crippen LogP contribution in [0.4, 0.5) is 11.4 Å². The fraction of sp³-hybridized carbons (Fsp3) is 0.263. The number of carbonyl (C=O) groups is 2. The monoisotopic (exact) mass is 369 g/mol. The number of hydrogen-bond acceptors (Lipinski definition) is 5. The molecule has 1 fully saturated rings. The zero-order valence-electron chi connectivity index (χ0n) is 14.8. The summed E-state index contributed by atoms with van der Waals surface area (Å²) in [5.41, 5.74) is 0.321. The minimum Gasteiger partial charge on any atom is -0.497 e. The number of anilines is 1. The summed E-state index contributed by atoms with van der Waals surface area (Å²) in [6.45, 7) is 0.381. The maximum atomic E-state index is 12.8. The van der Waals surface area contributed by atoms with Crippen LogP contribution in [0.2, 0.25) is 0 Å². The molecule has 8 nitrogen and oxygen atoms in total. The summed E-state index contributed by atoms with van der Waals surface area (Å²) in [4.78, 5) is 37.5. The maximum Gasteiger partial charge on any atom is 0.282 e. The highest BCUT2D eigenvalue weighted by Gasteiger charge is 2.36. The van der Waals surface area contributed by atoms with Gasteiger partial charge in [0, 0.05) is 18.3 Å². The van der Waals surface area contributed by atoms with Crippen LogP contribution < -0.4 is 10.1 Å². The fourth-order valence-electron chi connectivity index (χ4n) is 3.15. The molecule has 0 saturated carbocycles. The molecule has 140 valence electrons. The van der Waals surface area contributed by atoms with Crippen LogP contribution in [0, 0.1) is 10.1 Å². The summed E-state index contributed by atoms with van der Waals surface area (Å²) in [5, 5.41) is 14.0. The first-order valence-electron chi connectivity index (χ1n) is 8.50. The maximum absolute atomic E-state index is 12.8. The van der Waals surface area contributed by atoms with Crippen molar-refractivity contribution in [2.24, 2.45) is 0 Å². The molecule has 0 unspecified atom stereocenters. The minimum absolute atomic E-state index is 0.00773. The van der Waals surface area contributed by atoms with Gasteiger partial charge in [-0.1, -0.05) is 12.1 Å². The van der Waals surface area contributed by atoms with Crippen LogP contribution in [-0.2, 0) is 4.79 Å². The van der Waals surface area contributed by atoms with E-state index < -0.39 is 16.9 Å². The topological polar surface area (TPSA) is 102 Å². The number of nitrogens with one attached hydrogen (secondary N) is 1. The number of likely N-dealkylation sites (tertiary alicyclic amines) is 1. The molecule has 1 N–H and O–H groups in total. The van der Waals surface area contributed by atoms with Gasteiger partial charge < -0.3 is 15.0 Å². The second kappa shape index (κ2) is 7.86. The molecule has 0 spiro atoms. The Morgan fingerprint density at radius 2 is 1.89 bits per heavy atom. The molecule has 8 heteroatoms. The van der Waals surface area contributed by atoms with Gasteiger partial charge in [0.2, 0.25) is 5.91 Å². The predicted octanol–water partition coefficient (Wildman–Crippen LogP) is 2.85. The van der Waals surface area contributed by atoms with Crippen molar-refractivity contribution in [2.75, 3.05) is 19.0 Å². The second-order valence-corrected chi connectivity index (χ2v) is 6.15. The van der Waals surface area contributed by atoms with Crippen LogP contribution in [0.3, 0.4) is 0 Å². The number of nitrogens with zero attached hydrogens (tertiary/aromatic N) is 2. The molecule has 1 aliphatic rings. The minimum atomic E-state index is -0.667. The Morgan fingerprint density at radius 3 is 2.56 bits per heavy atom. The van der Waals surface area contributed by atoms with Crippen molar-refractivity contribution in [3.8, 4) is 5.75 Å². The summed E-state index contributed by atoms with van der Waals surface area (Å²) in [6.07, 6.45) is 1.17. The van der Waals surface area contributed by atoms with Crippen LogP contribution in [0.15, 0.2) is 48.5 Å². The average Bonchev–Trinajstić information content (AvgIpc) is 3.18. The summed E-state index contributed by atoms with van der Waals surface area (Å²) in [6, 6.07) is 12.0. The molecular weight excluding hydrogens is 350 g/mol. The lowest BCUT2D eigenvalue weighted by Crippen LogP contribution is -2.43. The predicted molar refractivity (Wildman–Crippen MR) is 98.8 cm³/mol. The summed E-state index contributed by atoms with van der Waals surface area (Å²) >= 11 is 0. The third-order valence-electron chi connectivity index (χ3n) is 4.51. The number of ether oxygens (including phenoxy) is 1. The van der Waals surface area contributed by atoms with E-state index in [0.29, 0.717) is 30.8 Å². The van der Waals surface area contributed by atoms with Gasteiger partial charge in [0.25, 0.3) is 11.6 Å². The quantitative estimate of drug-likeness (QED) is 0.645. The Balaban J connectivity index is 1.77. The molecule has 1 saturated heterocycles. The molecule has 2 aromatic carbocycles. The van der Waals surface area contributed by atoms with Gasteiger partial charge in [0.15, 0.2) is 0 Å². The van der Waals surface area contributed by atoms with Gasteiger partial charge in [-0.25, -0.2) is 0 Å². The molecule has 1 aliphatic heterocycles. The third-order valence-corrected chi connectivity index (χ3v) is 4.51. The van der Waals surface area contributed by atoms with E-state index in [-0.39, 0.29) is 17.2 Å². The Morgan fingerprint density at radius 1 is 1.19 bits per heavy atom. The summed E-state index contributed by atoms with van der Waals surface area (Å²) < 4.78 is 5.08. The number of para-hydroxylation sites is 1. The number of rotatable bonds is 5. The largest absolute Gasteiger partial charge is 0.497 e. The normalized spacial score (nSPS) is 16.0. The third kappa shape index (κ3) is 3.89. The van der Waals surface area contributed by atoms with Crippen molar-refractivity contribution >= 4 is 23.2 Å². The van der Waals surface area contributed by atoms with Crippen LogP contribution in [0.1, 0.15) is 23.2 Å². The first-order valence-corrected chi connectivity index (χ1v) is 8.50. The van der Waals surface area contributed by atoms with E-state index >= 15 is 0 Å². The molecule has 2 amide bonds. The highest BCUT2D eigenvalue weighted by Crippen LogP contribution is 2.26. The lowest BCUT2D eigenvalue weighted by Gasteiger charge is -2.24. The fourth-order valence-corrected chi connectivity index (χ4v) is 3.15. The van der Waals surface area contributed by atoms with E-state index in [0.717, 1.165) is 0 Å². The van der Waals surface area contributed by atoms with Gasteiger partial charge in [-0.15, -0.1) is 0 Å². The zero-order chi connectivity index (χ0) is 19.4. The van der Waals surface area contributed by atoms with Crippen LogP contribution in [0.25, 0.3) is 0 Å². The van der Waals surface area contributed by atoms with Crippen molar-refractivity contribution in [3.05, 3.63) is 64.2 Å². The number of amides is 2. The SMILES string of the molecule is COc1ccc(NC(=O)[C@@H]2CCCN2C(=O)c2ccccc2[N+](=O)[O-])cc1. The van der Waals surface area contributed by atoms with Crippen molar-refractivity contribution in [1.82, 2.24) is 4.90 Å². The molecule has 1 heterocycles. The zero-order valence-corrected chi connectivity index (χ0v) is 14.8. The lowest BCUT2D eigenvalue weighted by atomic mass is 10.1. The Labute approximate surface area is 155 Å². The number of nitro benzene ring substituents is 1. The van der Waals surface area contributed by atoms with Gasteiger partial charge >= 0.3 is 0 Å². The number of hydrogen-bond donors (Lipinski definition) is 1. The van der Waals surface area contributed by atoms with Crippen molar-refractivity contribution in [3.63, 3.8) is 0 Å². The number of benzene rings is 2. The number of methoxy groups -OCH3 is 1. The van der Waals surface area contributed by atoms with E-state index in [4.69, 9.17) is 4.74 Å². The standard InChI is InChI=1S/C19H19N3O5/c1-27-14-10-8-13(9-11-14)20-18(23)17-7-4-12-21(17)19(24)15-5-2-3-6-16(15)22(25)26/h2-3,5-6,8-11,17H,4,7,12H2,1H3,(H,20,23)/t17-/m0/s1. The summed E-state index contributed by atoms with van der Waals surface area (Å²) in [7, 11) is 1.55. The molecular formula is C19H19N3O5. The van der Waals surface area contributed by atoms with Crippen LogP contribution in [-0.4, -0.2) is 41.3 Å². The number of carbonyl (C=O) groups excluding carboxylic acids is 2.